The first kappa shape index (κ1) is 15.4. The summed E-state index contributed by atoms with van der Waals surface area (Å²) in [5, 5.41) is 8.90. The Labute approximate surface area is 120 Å². The van der Waals surface area contributed by atoms with E-state index in [-0.39, 0.29) is 30.5 Å². The van der Waals surface area contributed by atoms with E-state index in [0.717, 1.165) is 12.1 Å². The summed E-state index contributed by atoms with van der Waals surface area (Å²) in [6.07, 6.45) is 2.75. The Kier molecular flexibility index (Phi) is 4.88. The first-order valence-electron chi connectivity index (χ1n) is 6.81. The number of aliphatic carboxylic acids is 1. The molecule has 0 heterocycles. The average molecular weight is 298 g/mol. The van der Waals surface area contributed by atoms with Crippen molar-refractivity contribution in [3.05, 3.63) is 29.3 Å². The lowest BCUT2D eigenvalue weighted by molar-refractivity contribution is -0.143. The second-order valence-corrected chi connectivity index (χ2v) is 5.29. The van der Waals surface area contributed by atoms with Crippen LogP contribution in [0.25, 0.3) is 0 Å². The third-order valence-electron chi connectivity index (χ3n) is 3.85. The van der Waals surface area contributed by atoms with Crippen LogP contribution in [0.4, 0.5) is 8.78 Å². The fraction of sp³-hybridized carbons (Fsp3) is 0.467. The van der Waals surface area contributed by atoms with E-state index in [4.69, 9.17) is 9.84 Å². The zero-order valence-corrected chi connectivity index (χ0v) is 11.4. The van der Waals surface area contributed by atoms with Gasteiger partial charge < -0.3 is 9.84 Å². The zero-order chi connectivity index (χ0) is 15.4. The van der Waals surface area contributed by atoms with Gasteiger partial charge >= 0.3 is 5.97 Å². The lowest BCUT2D eigenvalue weighted by atomic mass is 9.82. The summed E-state index contributed by atoms with van der Waals surface area (Å²) >= 11 is 0. The molecule has 1 aliphatic rings. The van der Waals surface area contributed by atoms with Crippen LogP contribution in [-0.2, 0) is 4.79 Å². The van der Waals surface area contributed by atoms with E-state index in [2.05, 4.69) is 0 Å². The number of aldehydes is 1. The number of carbonyl (C=O) groups is 2. The number of ether oxygens (including phenoxy) is 1. The Hall–Kier alpha value is -1.98. The van der Waals surface area contributed by atoms with E-state index in [0.29, 0.717) is 25.7 Å². The molecule has 6 heteroatoms. The van der Waals surface area contributed by atoms with Crippen molar-refractivity contribution in [3.63, 3.8) is 0 Å². The largest absolute Gasteiger partial charge is 0.493 e. The minimum absolute atomic E-state index is 0.0379. The lowest BCUT2D eigenvalue weighted by Gasteiger charge is -2.26. The summed E-state index contributed by atoms with van der Waals surface area (Å²) in [6, 6.07) is 1.96. The standard InChI is InChI=1S/C15H16F2O4/c16-13-5-11(6-14(17)12(13)7-18)21-8-9-1-3-10(4-2-9)15(19)20/h5-7,9-10H,1-4,8H2,(H,19,20). The number of hydrogen-bond donors (Lipinski definition) is 1. The number of carboxylic acid groups (broad SMARTS) is 1. The molecule has 1 aromatic rings. The first-order valence-corrected chi connectivity index (χ1v) is 6.81. The van der Waals surface area contributed by atoms with Crippen LogP contribution >= 0.6 is 0 Å². The normalized spacial score (nSPS) is 21.8. The molecule has 1 fully saturated rings. The van der Waals surface area contributed by atoms with Gasteiger partial charge in [0, 0.05) is 12.1 Å². The molecule has 0 unspecified atom stereocenters. The quantitative estimate of drug-likeness (QED) is 0.849. The highest BCUT2D eigenvalue weighted by atomic mass is 19.1. The van der Waals surface area contributed by atoms with Gasteiger partial charge in [-0.25, -0.2) is 8.78 Å². The average Bonchev–Trinajstić information content (AvgIpc) is 2.45. The van der Waals surface area contributed by atoms with Gasteiger partial charge in [0.05, 0.1) is 18.1 Å². The maximum absolute atomic E-state index is 13.4. The molecule has 0 spiro atoms. The molecule has 1 aliphatic carbocycles. The summed E-state index contributed by atoms with van der Waals surface area (Å²) in [5.41, 5.74) is -0.607. The molecule has 0 bridgehead atoms. The van der Waals surface area contributed by atoms with E-state index >= 15 is 0 Å². The first-order chi connectivity index (χ1) is 10.0. The van der Waals surface area contributed by atoms with E-state index in [9.17, 15) is 18.4 Å². The van der Waals surface area contributed by atoms with E-state index < -0.39 is 23.2 Å². The van der Waals surface area contributed by atoms with E-state index in [1.54, 1.807) is 0 Å². The Morgan fingerprint density at radius 3 is 2.29 bits per heavy atom. The SMILES string of the molecule is O=Cc1c(F)cc(OCC2CCC(C(=O)O)CC2)cc1F. The lowest BCUT2D eigenvalue weighted by Crippen LogP contribution is -2.24. The number of carboxylic acids is 1. The molecule has 0 aromatic heterocycles. The van der Waals surface area contributed by atoms with Crippen LogP contribution in [-0.4, -0.2) is 24.0 Å². The van der Waals surface area contributed by atoms with Gasteiger partial charge in [0.2, 0.25) is 0 Å². The van der Waals surface area contributed by atoms with Crippen molar-refractivity contribution in [3.8, 4) is 5.75 Å². The van der Waals surface area contributed by atoms with Crippen molar-refractivity contribution >= 4 is 12.3 Å². The van der Waals surface area contributed by atoms with Gasteiger partial charge in [-0.2, -0.15) is 0 Å². The summed E-state index contributed by atoms with van der Waals surface area (Å²) < 4.78 is 32.2. The number of halogens is 2. The van der Waals surface area contributed by atoms with Gasteiger partial charge in [-0.05, 0) is 31.6 Å². The van der Waals surface area contributed by atoms with Crippen LogP contribution in [0, 0.1) is 23.5 Å². The Morgan fingerprint density at radius 1 is 1.24 bits per heavy atom. The fourth-order valence-electron chi connectivity index (χ4n) is 2.55. The molecular formula is C15H16F2O4. The molecular weight excluding hydrogens is 282 g/mol. The number of carbonyl (C=O) groups excluding carboxylic acids is 1. The van der Waals surface area contributed by atoms with Gasteiger partial charge in [0.1, 0.15) is 17.4 Å². The van der Waals surface area contributed by atoms with Crippen LogP contribution in [0.5, 0.6) is 5.75 Å². The van der Waals surface area contributed by atoms with Gasteiger partial charge in [0.25, 0.3) is 0 Å². The van der Waals surface area contributed by atoms with Gasteiger partial charge in [-0.15, -0.1) is 0 Å². The summed E-state index contributed by atoms with van der Waals surface area (Å²) in [6.45, 7) is 0.283. The van der Waals surface area contributed by atoms with E-state index in [1.807, 2.05) is 0 Å². The molecule has 114 valence electrons. The monoisotopic (exact) mass is 298 g/mol. The van der Waals surface area contributed by atoms with Gasteiger partial charge in [-0.3, -0.25) is 9.59 Å². The maximum atomic E-state index is 13.4. The molecule has 0 saturated heterocycles. The zero-order valence-electron chi connectivity index (χ0n) is 11.4. The van der Waals surface area contributed by atoms with Crippen molar-refractivity contribution in [1.82, 2.24) is 0 Å². The van der Waals surface area contributed by atoms with Crippen molar-refractivity contribution < 1.29 is 28.2 Å². The molecule has 4 nitrogen and oxygen atoms in total. The predicted octanol–water partition coefficient (Wildman–Crippen LogP) is 3.05. The highest BCUT2D eigenvalue weighted by Gasteiger charge is 2.26. The van der Waals surface area contributed by atoms with Crippen molar-refractivity contribution in [2.75, 3.05) is 6.61 Å². The van der Waals surface area contributed by atoms with Crippen LogP contribution in [0.15, 0.2) is 12.1 Å². The molecule has 2 rings (SSSR count). The minimum atomic E-state index is -0.949. The fourth-order valence-corrected chi connectivity index (χ4v) is 2.55. The highest BCUT2D eigenvalue weighted by Crippen LogP contribution is 2.30. The van der Waals surface area contributed by atoms with Gasteiger partial charge in [-0.1, -0.05) is 0 Å². The van der Waals surface area contributed by atoms with E-state index in [1.165, 1.54) is 0 Å². The van der Waals surface area contributed by atoms with Gasteiger partial charge in [0.15, 0.2) is 6.29 Å². The predicted molar refractivity (Wildman–Crippen MR) is 70.3 cm³/mol. The number of rotatable bonds is 5. The topological polar surface area (TPSA) is 63.6 Å². The molecule has 1 saturated carbocycles. The highest BCUT2D eigenvalue weighted by molar-refractivity contribution is 5.76. The van der Waals surface area contributed by atoms with Crippen molar-refractivity contribution in [1.29, 1.82) is 0 Å². The van der Waals surface area contributed by atoms with Crippen LogP contribution in [0.2, 0.25) is 0 Å². The summed E-state index contributed by atoms with van der Waals surface area (Å²) in [7, 11) is 0. The van der Waals surface area contributed by atoms with Crippen LogP contribution in [0.3, 0.4) is 0 Å². The molecule has 1 N–H and O–H groups in total. The second-order valence-electron chi connectivity index (χ2n) is 5.29. The smallest absolute Gasteiger partial charge is 0.306 e. The molecule has 21 heavy (non-hydrogen) atoms. The van der Waals surface area contributed by atoms with Crippen molar-refractivity contribution in [2.45, 2.75) is 25.7 Å². The van der Waals surface area contributed by atoms with Crippen LogP contribution < -0.4 is 4.74 Å². The molecule has 0 aliphatic heterocycles. The third-order valence-corrected chi connectivity index (χ3v) is 3.85. The Morgan fingerprint density at radius 2 is 1.81 bits per heavy atom. The van der Waals surface area contributed by atoms with Crippen LogP contribution in [0.1, 0.15) is 36.0 Å². The number of hydrogen-bond acceptors (Lipinski definition) is 3. The van der Waals surface area contributed by atoms with Crippen molar-refractivity contribution in [2.24, 2.45) is 11.8 Å². The summed E-state index contributed by atoms with van der Waals surface area (Å²) in [5.74, 6) is -2.76. The number of benzene rings is 1. The Balaban J connectivity index is 1.90. The molecule has 0 atom stereocenters. The second kappa shape index (κ2) is 6.65. The molecule has 0 radical (unpaired) electrons. The third kappa shape index (κ3) is 3.77. The molecule has 1 aromatic carbocycles. The maximum Gasteiger partial charge on any atom is 0.306 e. The minimum Gasteiger partial charge on any atom is -0.493 e. The summed E-state index contributed by atoms with van der Waals surface area (Å²) in [4.78, 5) is 21.3. The Bertz CT molecular complexity index is 513. The molecule has 0 amide bonds.